The van der Waals surface area contributed by atoms with Crippen LogP contribution in [0.3, 0.4) is 0 Å². The highest BCUT2D eigenvalue weighted by Gasteiger charge is 2.43. The van der Waals surface area contributed by atoms with E-state index in [1.807, 2.05) is 32.0 Å². The summed E-state index contributed by atoms with van der Waals surface area (Å²) in [6.45, 7) is 7.81. The number of piperidine rings is 1. The van der Waals surface area contributed by atoms with Gasteiger partial charge in [0.15, 0.2) is 0 Å². The maximum absolute atomic E-state index is 13.8. The number of aryl methyl sites for hydroxylation is 2. The first-order valence-electron chi connectivity index (χ1n) is 11.0. The van der Waals surface area contributed by atoms with Crippen LogP contribution < -0.4 is 14.4 Å². The standard InChI is InChI=1S/C26H30N2O4/c1-16-8-10-27(11-9-16)24-23(19-7-6-17(2)18(3)12-19)25(29)28(26(24)30)20-13-21(31-4)15-22(14-20)32-5/h6-7,12-16H,8-11H2,1-5H3. The number of anilines is 1. The van der Waals surface area contributed by atoms with Gasteiger partial charge in [0.25, 0.3) is 11.8 Å². The number of methoxy groups -OCH3 is 2. The van der Waals surface area contributed by atoms with Crippen LogP contribution in [0.4, 0.5) is 5.69 Å². The van der Waals surface area contributed by atoms with E-state index in [2.05, 4.69) is 11.8 Å². The number of imide groups is 1. The molecule has 2 aliphatic rings. The molecule has 2 aliphatic heterocycles. The Labute approximate surface area is 189 Å². The van der Waals surface area contributed by atoms with Gasteiger partial charge in [0.05, 0.1) is 25.5 Å². The van der Waals surface area contributed by atoms with E-state index >= 15 is 0 Å². The van der Waals surface area contributed by atoms with E-state index in [1.165, 1.54) is 4.90 Å². The van der Waals surface area contributed by atoms with Crippen LogP contribution in [0.5, 0.6) is 11.5 Å². The van der Waals surface area contributed by atoms with Crippen molar-refractivity contribution >= 4 is 23.1 Å². The second-order valence-corrected chi connectivity index (χ2v) is 8.71. The summed E-state index contributed by atoms with van der Waals surface area (Å²) in [6.07, 6.45) is 2.00. The van der Waals surface area contributed by atoms with Crippen molar-refractivity contribution in [3.8, 4) is 11.5 Å². The number of hydrogen-bond acceptors (Lipinski definition) is 5. The molecule has 0 bridgehead atoms. The number of hydrogen-bond donors (Lipinski definition) is 0. The summed E-state index contributed by atoms with van der Waals surface area (Å²) in [5.41, 5.74) is 4.41. The van der Waals surface area contributed by atoms with Crippen LogP contribution in [0.25, 0.3) is 5.57 Å². The predicted octanol–water partition coefficient (Wildman–Crippen LogP) is 4.34. The Kier molecular flexibility index (Phi) is 5.96. The molecule has 1 saturated heterocycles. The number of carbonyl (C=O) groups excluding carboxylic acids is 2. The van der Waals surface area contributed by atoms with Gasteiger partial charge in [-0.05, 0) is 49.3 Å². The molecule has 0 aliphatic carbocycles. The molecule has 0 N–H and O–H groups in total. The lowest BCUT2D eigenvalue weighted by atomic mass is 9.96. The van der Waals surface area contributed by atoms with Crippen LogP contribution in [0.15, 0.2) is 42.1 Å². The summed E-state index contributed by atoms with van der Waals surface area (Å²) in [6, 6.07) is 11.0. The molecule has 2 aromatic rings. The number of amides is 2. The first kappa shape index (κ1) is 21.9. The average Bonchev–Trinajstić information content (AvgIpc) is 3.05. The molecule has 0 aromatic heterocycles. The lowest BCUT2D eigenvalue weighted by molar-refractivity contribution is -0.120. The molecule has 0 atom stereocenters. The second kappa shape index (κ2) is 8.69. The number of carbonyl (C=O) groups is 2. The highest BCUT2D eigenvalue weighted by atomic mass is 16.5. The number of nitrogens with zero attached hydrogens (tertiary/aromatic N) is 2. The lowest BCUT2D eigenvalue weighted by Crippen LogP contribution is -2.38. The Morgan fingerprint density at radius 3 is 2.03 bits per heavy atom. The maximum Gasteiger partial charge on any atom is 0.282 e. The third kappa shape index (κ3) is 3.85. The molecule has 0 unspecified atom stereocenters. The Hall–Kier alpha value is -3.28. The molecule has 2 heterocycles. The van der Waals surface area contributed by atoms with E-state index in [-0.39, 0.29) is 11.8 Å². The van der Waals surface area contributed by atoms with Gasteiger partial charge in [-0.3, -0.25) is 9.59 Å². The predicted molar refractivity (Wildman–Crippen MR) is 125 cm³/mol. The number of rotatable bonds is 5. The van der Waals surface area contributed by atoms with Crippen LogP contribution >= 0.6 is 0 Å². The Morgan fingerprint density at radius 1 is 0.844 bits per heavy atom. The smallest absolute Gasteiger partial charge is 0.282 e. The van der Waals surface area contributed by atoms with Gasteiger partial charge in [-0.1, -0.05) is 25.1 Å². The Morgan fingerprint density at radius 2 is 1.47 bits per heavy atom. The molecular weight excluding hydrogens is 404 g/mol. The molecule has 6 nitrogen and oxygen atoms in total. The van der Waals surface area contributed by atoms with E-state index in [9.17, 15) is 9.59 Å². The summed E-state index contributed by atoms with van der Waals surface area (Å²) >= 11 is 0. The summed E-state index contributed by atoms with van der Waals surface area (Å²) in [4.78, 5) is 30.9. The number of benzene rings is 2. The minimum atomic E-state index is -0.317. The van der Waals surface area contributed by atoms with Crippen LogP contribution in [0, 0.1) is 19.8 Å². The van der Waals surface area contributed by atoms with Gasteiger partial charge < -0.3 is 14.4 Å². The molecule has 168 valence electrons. The summed E-state index contributed by atoms with van der Waals surface area (Å²) < 4.78 is 10.7. The molecule has 32 heavy (non-hydrogen) atoms. The minimum Gasteiger partial charge on any atom is -0.497 e. The topological polar surface area (TPSA) is 59.1 Å². The largest absolute Gasteiger partial charge is 0.497 e. The molecule has 1 fully saturated rings. The third-order valence-corrected chi connectivity index (χ3v) is 6.55. The summed E-state index contributed by atoms with van der Waals surface area (Å²) in [7, 11) is 3.09. The maximum atomic E-state index is 13.8. The van der Waals surface area contributed by atoms with Crippen molar-refractivity contribution in [3.63, 3.8) is 0 Å². The van der Waals surface area contributed by atoms with Crippen molar-refractivity contribution < 1.29 is 19.1 Å². The van der Waals surface area contributed by atoms with E-state index in [0.717, 1.165) is 42.6 Å². The lowest BCUT2D eigenvalue weighted by Gasteiger charge is -2.32. The van der Waals surface area contributed by atoms with Crippen LogP contribution in [-0.4, -0.2) is 44.0 Å². The monoisotopic (exact) mass is 434 g/mol. The van der Waals surface area contributed by atoms with Crippen LogP contribution in [0.1, 0.15) is 36.5 Å². The Bertz CT molecular complexity index is 1070. The van der Waals surface area contributed by atoms with Crippen molar-refractivity contribution in [1.29, 1.82) is 0 Å². The van der Waals surface area contributed by atoms with Gasteiger partial charge in [0.2, 0.25) is 0 Å². The van der Waals surface area contributed by atoms with E-state index in [1.54, 1.807) is 32.4 Å². The number of ether oxygens (including phenoxy) is 2. The molecule has 4 rings (SSSR count). The molecular formula is C26H30N2O4. The first-order chi connectivity index (χ1) is 15.3. The summed E-state index contributed by atoms with van der Waals surface area (Å²) in [5.74, 6) is 1.04. The van der Waals surface area contributed by atoms with Crippen molar-refractivity contribution in [2.24, 2.45) is 5.92 Å². The Balaban J connectivity index is 1.84. The normalized spacial score (nSPS) is 17.4. The molecule has 2 aromatic carbocycles. The zero-order valence-electron chi connectivity index (χ0n) is 19.4. The average molecular weight is 435 g/mol. The van der Waals surface area contributed by atoms with Gasteiger partial charge in [-0.2, -0.15) is 0 Å². The second-order valence-electron chi connectivity index (χ2n) is 8.71. The highest BCUT2D eigenvalue weighted by molar-refractivity contribution is 6.45. The van der Waals surface area contributed by atoms with Crippen LogP contribution in [0.2, 0.25) is 0 Å². The molecule has 0 radical (unpaired) electrons. The fourth-order valence-electron chi connectivity index (χ4n) is 4.36. The van der Waals surface area contributed by atoms with E-state index < -0.39 is 0 Å². The zero-order chi connectivity index (χ0) is 23.0. The molecule has 0 spiro atoms. The van der Waals surface area contributed by atoms with Crippen molar-refractivity contribution in [2.75, 3.05) is 32.2 Å². The zero-order valence-corrected chi connectivity index (χ0v) is 19.4. The van der Waals surface area contributed by atoms with Gasteiger partial charge >= 0.3 is 0 Å². The molecule has 6 heteroatoms. The first-order valence-corrected chi connectivity index (χ1v) is 11.0. The minimum absolute atomic E-state index is 0.298. The van der Waals surface area contributed by atoms with Crippen LogP contribution in [-0.2, 0) is 9.59 Å². The number of likely N-dealkylation sites (tertiary alicyclic amines) is 1. The highest BCUT2D eigenvalue weighted by Crippen LogP contribution is 2.39. The van der Waals surface area contributed by atoms with E-state index in [4.69, 9.17) is 9.47 Å². The third-order valence-electron chi connectivity index (χ3n) is 6.55. The summed E-state index contributed by atoms with van der Waals surface area (Å²) in [5, 5.41) is 0. The fraction of sp³-hybridized carbons (Fsp3) is 0.385. The van der Waals surface area contributed by atoms with Crippen molar-refractivity contribution in [2.45, 2.75) is 33.6 Å². The van der Waals surface area contributed by atoms with Gasteiger partial charge in [0, 0.05) is 31.3 Å². The molecule has 2 amide bonds. The quantitative estimate of drug-likeness (QED) is 0.656. The van der Waals surface area contributed by atoms with Gasteiger partial charge in [0.1, 0.15) is 17.2 Å². The van der Waals surface area contributed by atoms with Crippen molar-refractivity contribution in [1.82, 2.24) is 4.90 Å². The van der Waals surface area contributed by atoms with Gasteiger partial charge in [-0.25, -0.2) is 4.90 Å². The van der Waals surface area contributed by atoms with Gasteiger partial charge in [-0.15, -0.1) is 0 Å². The van der Waals surface area contributed by atoms with E-state index in [0.29, 0.717) is 34.4 Å². The molecule has 0 saturated carbocycles. The SMILES string of the molecule is COc1cc(OC)cc(N2C(=O)C(c3ccc(C)c(C)c3)=C(N3CCC(C)CC3)C2=O)c1. The fourth-order valence-corrected chi connectivity index (χ4v) is 4.36. The van der Waals surface area contributed by atoms with Crippen molar-refractivity contribution in [3.05, 3.63) is 58.8 Å².